The van der Waals surface area contributed by atoms with Gasteiger partial charge in [0.05, 0.1) is 19.3 Å². The number of carboxylic acid groups (broad SMARTS) is 1. The molecule has 3 saturated heterocycles. The van der Waals surface area contributed by atoms with Crippen molar-refractivity contribution in [2.75, 3.05) is 45.9 Å². The van der Waals surface area contributed by atoms with E-state index in [2.05, 4.69) is 35.2 Å². The average Bonchev–Trinajstić information content (AvgIpc) is 3.22. The van der Waals surface area contributed by atoms with Crippen molar-refractivity contribution in [3.05, 3.63) is 35.9 Å². The van der Waals surface area contributed by atoms with E-state index in [4.69, 9.17) is 19.4 Å². The number of hydrogen-bond acceptors (Lipinski definition) is 5. The van der Waals surface area contributed by atoms with Crippen LogP contribution in [0.3, 0.4) is 0 Å². The van der Waals surface area contributed by atoms with Gasteiger partial charge in [-0.05, 0) is 37.3 Å². The van der Waals surface area contributed by atoms with Crippen molar-refractivity contribution in [1.82, 2.24) is 9.80 Å². The first-order chi connectivity index (χ1) is 15.2. The number of carbonyl (C=O) groups is 2. The molecule has 10 heteroatoms. The van der Waals surface area contributed by atoms with Crippen LogP contribution in [0.2, 0.25) is 0 Å². The zero-order chi connectivity index (χ0) is 23.1. The van der Waals surface area contributed by atoms with Gasteiger partial charge >= 0.3 is 12.1 Å². The summed E-state index contributed by atoms with van der Waals surface area (Å²) in [5.74, 6) is -2.04. The van der Waals surface area contributed by atoms with Crippen LogP contribution in [0.1, 0.15) is 18.4 Å². The Hall–Kier alpha value is -2.17. The van der Waals surface area contributed by atoms with Gasteiger partial charge in [0.25, 0.3) is 5.91 Å². The molecule has 3 atom stereocenters. The first kappa shape index (κ1) is 24.5. The number of nitrogens with zero attached hydrogens (tertiary/aromatic N) is 2. The van der Waals surface area contributed by atoms with Gasteiger partial charge in [-0.2, -0.15) is 13.2 Å². The fourth-order valence-corrected chi connectivity index (χ4v) is 4.28. The molecule has 0 spiro atoms. The summed E-state index contributed by atoms with van der Waals surface area (Å²) in [6, 6.07) is 10.6. The molecule has 32 heavy (non-hydrogen) atoms. The van der Waals surface area contributed by atoms with E-state index in [1.807, 2.05) is 4.90 Å². The highest BCUT2D eigenvalue weighted by Gasteiger charge is 2.43. The van der Waals surface area contributed by atoms with E-state index in [0.717, 1.165) is 38.9 Å². The maximum absolute atomic E-state index is 12.7. The number of amides is 1. The van der Waals surface area contributed by atoms with Gasteiger partial charge in [-0.3, -0.25) is 4.79 Å². The third-order valence-electron chi connectivity index (χ3n) is 6.04. The minimum absolute atomic E-state index is 0.175. The third-order valence-corrected chi connectivity index (χ3v) is 6.04. The van der Waals surface area contributed by atoms with E-state index in [1.165, 1.54) is 5.56 Å². The highest BCUT2D eigenvalue weighted by molar-refractivity contribution is 5.81. The third kappa shape index (κ3) is 6.91. The Morgan fingerprint density at radius 2 is 1.75 bits per heavy atom. The van der Waals surface area contributed by atoms with E-state index in [9.17, 15) is 18.0 Å². The Morgan fingerprint density at radius 3 is 2.38 bits per heavy atom. The Morgan fingerprint density at radius 1 is 1.09 bits per heavy atom. The highest BCUT2D eigenvalue weighted by Crippen LogP contribution is 2.34. The van der Waals surface area contributed by atoms with Crippen molar-refractivity contribution in [3.8, 4) is 0 Å². The Labute approximate surface area is 185 Å². The zero-order valence-corrected chi connectivity index (χ0v) is 17.8. The number of fused-ring (bicyclic) bond motifs is 1. The first-order valence-electron chi connectivity index (χ1n) is 10.8. The number of carbonyl (C=O) groups excluding carboxylic acids is 1. The number of rotatable bonds is 4. The average molecular weight is 458 g/mol. The van der Waals surface area contributed by atoms with Crippen LogP contribution in [0.15, 0.2) is 30.3 Å². The number of ether oxygens (including phenoxy) is 2. The quantitative estimate of drug-likeness (QED) is 0.746. The lowest BCUT2D eigenvalue weighted by atomic mass is 9.91. The van der Waals surface area contributed by atoms with Crippen molar-refractivity contribution in [3.63, 3.8) is 0 Å². The van der Waals surface area contributed by atoms with Crippen molar-refractivity contribution in [2.45, 2.75) is 37.6 Å². The molecular weight excluding hydrogens is 429 g/mol. The van der Waals surface area contributed by atoms with Crippen LogP contribution in [0, 0.1) is 5.92 Å². The van der Waals surface area contributed by atoms with E-state index in [-0.39, 0.29) is 18.1 Å². The summed E-state index contributed by atoms with van der Waals surface area (Å²) in [4.78, 5) is 26.0. The molecule has 3 aliphatic rings. The summed E-state index contributed by atoms with van der Waals surface area (Å²) in [5.41, 5.74) is 1.39. The summed E-state index contributed by atoms with van der Waals surface area (Å²) in [7, 11) is 0. The maximum atomic E-state index is 12.7. The molecule has 0 bridgehead atoms. The molecule has 0 unspecified atom stereocenters. The molecule has 4 rings (SSSR count). The number of alkyl halides is 3. The lowest BCUT2D eigenvalue weighted by molar-refractivity contribution is -0.192. The zero-order valence-electron chi connectivity index (χ0n) is 17.8. The predicted octanol–water partition coefficient (Wildman–Crippen LogP) is 2.20. The minimum Gasteiger partial charge on any atom is -0.475 e. The molecule has 1 aromatic carbocycles. The van der Waals surface area contributed by atoms with Gasteiger partial charge in [-0.1, -0.05) is 30.3 Å². The topological polar surface area (TPSA) is 79.3 Å². The van der Waals surface area contributed by atoms with Crippen LogP contribution in [0.25, 0.3) is 0 Å². The van der Waals surface area contributed by atoms with Crippen LogP contribution in [-0.2, 0) is 25.5 Å². The second kappa shape index (κ2) is 11.1. The van der Waals surface area contributed by atoms with Crippen LogP contribution >= 0.6 is 0 Å². The van der Waals surface area contributed by atoms with E-state index >= 15 is 0 Å². The smallest absolute Gasteiger partial charge is 0.475 e. The number of carboxylic acids is 1. The molecule has 1 aromatic rings. The summed E-state index contributed by atoms with van der Waals surface area (Å²) >= 11 is 0. The molecule has 3 fully saturated rings. The van der Waals surface area contributed by atoms with E-state index in [1.54, 1.807) is 0 Å². The fraction of sp³-hybridized carbons (Fsp3) is 0.636. The van der Waals surface area contributed by atoms with E-state index < -0.39 is 12.1 Å². The second-order valence-corrected chi connectivity index (χ2v) is 8.22. The normalized spacial score (nSPS) is 26.1. The number of likely N-dealkylation sites (tertiary alicyclic amines) is 1. The van der Waals surface area contributed by atoms with Crippen LogP contribution in [-0.4, -0.2) is 91.1 Å². The Balaban J connectivity index is 0.000000360. The minimum atomic E-state index is -5.08. The molecule has 1 N–H and O–H groups in total. The molecule has 7 nitrogen and oxygen atoms in total. The number of halogens is 3. The molecule has 0 aromatic heterocycles. The van der Waals surface area contributed by atoms with Gasteiger partial charge in [0.2, 0.25) is 0 Å². The Kier molecular flexibility index (Phi) is 8.50. The number of benzene rings is 1. The van der Waals surface area contributed by atoms with Crippen molar-refractivity contribution in [1.29, 1.82) is 0 Å². The second-order valence-electron chi connectivity index (χ2n) is 8.22. The molecule has 0 saturated carbocycles. The summed E-state index contributed by atoms with van der Waals surface area (Å²) < 4.78 is 43.3. The summed E-state index contributed by atoms with van der Waals surface area (Å²) in [6.07, 6.45) is -1.98. The number of morpholine rings is 1. The van der Waals surface area contributed by atoms with Crippen LogP contribution < -0.4 is 0 Å². The lowest BCUT2D eigenvalue weighted by Gasteiger charge is -2.34. The van der Waals surface area contributed by atoms with Gasteiger partial charge in [0.1, 0.15) is 6.10 Å². The SMILES string of the molecule is O=C(O)C(F)(F)F.O=C([C@@H]1C[C@@H]2CCN(CCc3ccccc3)C[C@H]2O1)N1CCOCC1. The predicted molar refractivity (Wildman–Crippen MR) is 109 cm³/mol. The molecule has 178 valence electrons. The Bertz CT molecular complexity index is 756. The van der Waals surface area contributed by atoms with Crippen molar-refractivity contribution < 1.29 is 37.3 Å². The number of aliphatic carboxylic acids is 1. The highest BCUT2D eigenvalue weighted by atomic mass is 19.4. The number of hydrogen-bond donors (Lipinski definition) is 1. The summed E-state index contributed by atoms with van der Waals surface area (Å²) in [5, 5.41) is 7.12. The van der Waals surface area contributed by atoms with Gasteiger partial charge in [0.15, 0.2) is 0 Å². The molecule has 1 amide bonds. The monoisotopic (exact) mass is 458 g/mol. The van der Waals surface area contributed by atoms with Crippen LogP contribution in [0.5, 0.6) is 0 Å². The van der Waals surface area contributed by atoms with Gasteiger partial charge in [-0.25, -0.2) is 4.79 Å². The van der Waals surface area contributed by atoms with Crippen molar-refractivity contribution in [2.24, 2.45) is 5.92 Å². The molecule has 0 aliphatic carbocycles. The summed E-state index contributed by atoms with van der Waals surface area (Å²) in [6.45, 7) is 5.87. The molecule has 3 aliphatic heterocycles. The van der Waals surface area contributed by atoms with Crippen LogP contribution in [0.4, 0.5) is 13.2 Å². The largest absolute Gasteiger partial charge is 0.490 e. The van der Waals surface area contributed by atoms with Gasteiger partial charge < -0.3 is 24.4 Å². The maximum Gasteiger partial charge on any atom is 0.490 e. The lowest BCUT2D eigenvalue weighted by Crippen LogP contribution is -2.46. The van der Waals surface area contributed by atoms with Gasteiger partial charge in [0, 0.05) is 26.2 Å². The molecule has 3 heterocycles. The molecular formula is C22H29F3N2O5. The first-order valence-corrected chi connectivity index (χ1v) is 10.8. The van der Waals surface area contributed by atoms with Gasteiger partial charge in [-0.15, -0.1) is 0 Å². The molecule has 0 radical (unpaired) electrons. The fourth-order valence-electron chi connectivity index (χ4n) is 4.28. The van der Waals surface area contributed by atoms with Crippen molar-refractivity contribution >= 4 is 11.9 Å². The number of piperidine rings is 1. The standard InChI is InChI=1S/C20H28N2O3.C2HF3O2/c23-20(22-10-12-24-13-11-22)18-14-17-7-9-21(15-19(17)25-18)8-6-16-4-2-1-3-5-16;3-2(4,5)1(6)7/h1-5,17-19H,6-15H2;(H,6,7)/t17-,18-,19+;/m0./s1. The van der Waals surface area contributed by atoms with E-state index in [0.29, 0.717) is 32.2 Å².